The summed E-state index contributed by atoms with van der Waals surface area (Å²) in [5.74, 6) is -0.602. The highest BCUT2D eigenvalue weighted by Crippen LogP contribution is 2.43. The molecule has 2 aliphatic heterocycles. The molecule has 1 saturated heterocycles. The molecule has 5 rings (SSSR count). The fourth-order valence-corrected chi connectivity index (χ4v) is 4.14. The molecule has 160 valence electrons. The van der Waals surface area contributed by atoms with Gasteiger partial charge in [0.2, 0.25) is 6.79 Å². The van der Waals surface area contributed by atoms with E-state index in [0.29, 0.717) is 22.7 Å². The van der Waals surface area contributed by atoms with Crippen molar-refractivity contribution < 1.29 is 24.2 Å². The summed E-state index contributed by atoms with van der Waals surface area (Å²) in [4.78, 5) is 27.8. The average Bonchev–Trinajstić information content (AvgIpc) is 3.41. The van der Waals surface area contributed by atoms with Gasteiger partial charge in [0.15, 0.2) is 11.5 Å². The summed E-state index contributed by atoms with van der Waals surface area (Å²) >= 11 is 0. The standard InChI is InChI=1S/C26H21NO5/c1-2-16-8-11-19(12-9-16)27-23(17-6-4-3-5-7-17)22(25(29)26(27)30)24(28)18-10-13-20-21(14-18)32-15-31-20/h3-14,23,28H,2,15H2,1H3/b24-22-. The summed E-state index contributed by atoms with van der Waals surface area (Å²) in [5.41, 5.74) is 2.88. The van der Waals surface area contributed by atoms with Crippen LogP contribution in [0.2, 0.25) is 0 Å². The van der Waals surface area contributed by atoms with Crippen LogP contribution in [-0.2, 0) is 16.0 Å². The molecule has 32 heavy (non-hydrogen) atoms. The minimum atomic E-state index is -0.755. The number of fused-ring (bicyclic) bond motifs is 1. The number of carbonyl (C=O) groups excluding carboxylic acids is 2. The van der Waals surface area contributed by atoms with Crippen molar-refractivity contribution >= 4 is 23.1 Å². The number of benzene rings is 3. The molecule has 1 unspecified atom stereocenters. The predicted molar refractivity (Wildman–Crippen MR) is 120 cm³/mol. The zero-order valence-electron chi connectivity index (χ0n) is 17.4. The number of anilines is 1. The molecule has 3 aromatic rings. The SMILES string of the molecule is CCc1ccc(N2C(=O)C(=O)/C(=C(\O)c3ccc4c(c3)OCO4)C2c2ccccc2)cc1. The quantitative estimate of drug-likeness (QED) is 0.374. The molecule has 6 nitrogen and oxygen atoms in total. The van der Waals surface area contributed by atoms with E-state index in [-0.39, 0.29) is 18.1 Å². The van der Waals surface area contributed by atoms with Gasteiger partial charge >= 0.3 is 0 Å². The Labute approximate surface area is 185 Å². The molecule has 0 aromatic heterocycles. The van der Waals surface area contributed by atoms with E-state index in [1.165, 1.54) is 4.90 Å². The van der Waals surface area contributed by atoms with Gasteiger partial charge in [0, 0.05) is 11.3 Å². The number of Topliss-reactive ketones (excluding diaryl/α,β-unsaturated/α-hetero) is 1. The molecule has 2 aliphatic rings. The van der Waals surface area contributed by atoms with Gasteiger partial charge in [-0.15, -0.1) is 0 Å². The Morgan fingerprint density at radius 3 is 2.41 bits per heavy atom. The predicted octanol–water partition coefficient (Wildman–Crippen LogP) is 4.60. The lowest BCUT2D eigenvalue weighted by Gasteiger charge is -2.25. The van der Waals surface area contributed by atoms with Crippen LogP contribution in [0.4, 0.5) is 5.69 Å². The van der Waals surface area contributed by atoms with E-state index in [2.05, 4.69) is 6.92 Å². The van der Waals surface area contributed by atoms with Crippen LogP contribution in [0.5, 0.6) is 11.5 Å². The number of nitrogens with zero attached hydrogens (tertiary/aromatic N) is 1. The van der Waals surface area contributed by atoms with Crippen LogP contribution in [0.3, 0.4) is 0 Å². The van der Waals surface area contributed by atoms with E-state index >= 15 is 0 Å². The first-order valence-electron chi connectivity index (χ1n) is 10.4. The number of aryl methyl sites for hydroxylation is 1. The van der Waals surface area contributed by atoms with Gasteiger partial charge < -0.3 is 14.6 Å². The van der Waals surface area contributed by atoms with Crippen molar-refractivity contribution in [2.75, 3.05) is 11.7 Å². The molecule has 0 bridgehead atoms. The fourth-order valence-electron chi connectivity index (χ4n) is 4.14. The van der Waals surface area contributed by atoms with E-state index in [0.717, 1.165) is 17.5 Å². The molecule has 0 radical (unpaired) electrons. The maximum atomic E-state index is 13.2. The van der Waals surface area contributed by atoms with Gasteiger partial charge in [0.25, 0.3) is 11.7 Å². The van der Waals surface area contributed by atoms with E-state index in [1.807, 2.05) is 54.6 Å². The molecular weight excluding hydrogens is 406 g/mol. The third-order valence-electron chi connectivity index (χ3n) is 5.83. The second-order valence-corrected chi connectivity index (χ2v) is 7.67. The summed E-state index contributed by atoms with van der Waals surface area (Å²) < 4.78 is 10.7. The summed E-state index contributed by atoms with van der Waals surface area (Å²) in [6.45, 7) is 2.15. The van der Waals surface area contributed by atoms with Crippen LogP contribution in [-0.4, -0.2) is 23.6 Å². The first kappa shape index (κ1) is 19.9. The molecular formula is C26H21NO5. The Hall–Kier alpha value is -4.06. The second kappa shape index (κ2) is 7.89. The Balaban J connectivity index is 1.67. The highest BCUT2D eigenvalue weighted by atomic mass is 16.7. The summed E-state index contributed by atoms with van der Waals surface area (Å²) in [5, 5.41) is 11.2. The number of amides is 1. The molecule has 1 amide bonds. The third kappa shape index (κ3) is 3.21. The Morgan fingerprint density at radius 1 is 0.969 bits per heavy atom. The van der Waals surface area contributed by atoms with Crippen LogP contribution in [0.25, 0.3) is 5.76 Å². The number of carbonyl (C=O) groups is 2. The average molecular weight is 427 g/mol. The maximum Gasteiger partial charge on any atom is 0.300 e. The number of hydrogen-bond donors (Lipinski definition) is 1. The van der Waals surface area contributed by atoms with Crippen LogP contribution in [0, 0.1) is 0 Å². The first-order chi connectivity index (χ1) is 15.6. The van der Waals surface area contributed by atoms with Crippen molar-refractivity contribution in [3.8, 4) is 11.5 Å². The van der Waals surface area contributed by atoms with Crippen LogP contribution in [0.15, 0.2) is 78.4 Å². The topological polar surface area (TPSA) is 76.1 Å². The van der Waals surface area contributed by atoms with Crippen molar-refractivity contribution in [2.24, 2.45) is 0 Å². The minimum absolute atomic E-state index is 0.0413. The van der Waals surface area contributed by atoms with Crippen LogP contribution in [0.1, 0.15) is 29.7 Å². The molecule has 0 aliphatic carbocycles. The molecule has 1 fully saturated rings. The van der Waals surface area contributed by atoms with E-state index in [9.17, 15) is 14.7 Å². The van der Waals surface area contributed by atoms with Crippen LogP contribution >= 0.6 is 0 Å². The minimum Gasteiger partial charge on any atom is -0.507 e. The first-order valence-corrected chi connectivity index (χ1v) is 10.4. The van der Waals surface area contributed by atoms with Crippen molar-refractivity contribution in [1.82, 2.24) is 0 Å². The molecule has 3 aromatic carbocycles. The molecule has 0 saturated carbocycles. The van der Waals surface area contributed by atoms with Crippen molar-refractivity contribution in [1.29, 1.82) is 0 Å². The fraction of sp³-hybridized carbons (Fsp3) is 0.154. The van der Waals surface area contributed by atoms with Gasteiger partial charge in [-0.05, 0) is 47.9 Å². The summed E-state index contributed by atoms with van der Waals surface area (Å²) in [6.07, 6.45) is 0.866. The van der Waals surface area contributed by atoms with Crippen molar-refractivity contribution in [3.05, 3.63) is 95.1 Å². The summed E-state index contributed by atoms with van der Waals surface area (Å²) in [6, 6.07) is 21.0. The number of aliphatic hydroxyl groups excluding tert-OH is 1. The van der Waals surface area contributed by atoms with E-state index < -0.39 is 17.7 Å². The molecule has 1 atom stereocenters. The lowest BCUT2D eigenvalue weighted by Crippen LogP contribution is -2.29. The Kier molecular flexibility index (Phi) is 4.90. The smallest absolute Gasteiger partial charge is 0.300 e. The normalized spacial score (nSPS) is 18.9. The number of aliphatic hydroxyl groups is 1. The zero-order chi connectivity index (χ0) is 22.2. The largest absolute Gasteiger partial charge is 0.507 e. The maximum absolute atomic E-state index is 13.2. The molecule has 2 heterocycles. The lowest BCUT2D eigenvalue weighted by atomic mass is 9.95. The highest BCUT2D eigenvalue weighted by Gasteiger charge is 2.47. The van der Waals surface area contributed by atoms with Crippen molar-refractivity contribution in [3.63, 3.8) is 0 Å². The Bertz CT molecular complexity index is 1230. The highest BCUT2D eigenvalue weighted by molar-refractivity contribution is 6.51. The number of ketones is 1. The molecule has 0 spiro atoms. The number of rotatable bonds is 4. The Morgan fingerprint density at radius 2 is 1.69 bits per heavy atom. The zero-order valence-corrected chi connectivity index (χ0v) is 17.4. The van der Waals surface area contributed by atoms with E-state index in [4.69, 9.17) is 9.47 Å². The van der Waals surface area contributed by atoms with Gasteiger partial charge in [-0.3, -0.25) is 14.5 Å². The number of hydrogen-bond acceptors (Lipinski definition) is 5. The summed E-state index contributed by atoms with van der Waals surface area (Å²) in [7, 11) is 0. The van der Waals surface area contributed by atoms with Crippen molar-refractivity contribution in [2.45, 2.75) is 19.4 Å². The monoisotopic (exact) mass is 427 g/mol. The van der Waals surface area contributed by atoms with Gasteiger partial charge in [-0.25, -0.2) is 0 Å². The van der Waals surface area contributed by atoms with E-state index in [1.54, 1.807) is 18.2 Å². The molecule has 1 N–H and O–H groups in total. The molecule has 6 heteroatoms. The van der Waals surface area contributed by atoms with Gasteiger partial charge in [0.1, 0.15) is 5.76 Å². The van der Waals surface area contributed by atoms with Crippen LogP contribution < -0.4 is 14.4 Å². The number of ether oxygens (including phenoxy) is 2. The van der Waals surface area contributed by atoms with Gasteiger partial charge in [0.05, 0.1) is 11.6 Å². The van der Waals surface area contributed by atoms with Gasteiger partial charge in [-0.2, -0.15) is 0 Å². The van der Waals surface area contributed by atoms with Gasteiger partial charge in [-0.1, -0.05) is 49.4 Å². The second-order valence-electron chi connectivity index (χ2n) is 7.67. The third-order valence-corrected chi connectivity index (χ3v) is 5.83. The lowest BCUT2D eigenvalue weighted by molar-refractivity contribution is -0.132.